The summed E-state index contributed by atoms with van der Waals surface area (Å²) < 4.78 is 2.34. The smallest absolute Gasteiger partial charge is 0.212 e. The van der Waals surface area contributed by atoms with Gasteiger partial charge in [-0.1, -0.05) is 23.2 Å². The lowest BCUT2D eigenvalue weighted by Gasteiger charge is -2.12. The van der Waals surface area contributed by atoms with Gasteiger partial charge < -0.3 is 4.90 Å². The fourth-order valence-corrected chi connectivity index (χ4v) is 2.88. The molecule has 0 aliphatic rings. The highest BCUT2D eigenvalue weighted by Gasteiger charge is 2.19. The lowest BCUT2D eigenvalue weighted by molar-refractivity contribution is 0.102. The molecular weight excluding hydrogens is 377 g/mol. The summed E-state index contributed by atoms with van der Waals surface area (Å²) in [5, 5.41) is 5.10. The quantitative estimate of drug-likeness (QED) is 0.729. The third-order valence-electron chi connectivity index (χ3n) is 2.89. The van der Waals surface area contributed by atoms with Crippen molar-refractivity contribution < 1.29 is 4.79 Å². The van der Waals surface area contributed by atoms with E-state index in [0.29, 0.717) is 32.3 Å². The van der Waals surface area contributed by atoms with Gasteiger partial charge in [0.15, 0.2) is 0 Å². The minimum Gasteiger partial charge on any atom is -0.308 e. The highest BCUT2D eigenvalue weighted by molar-refractivity contribution is 9.10. The lowest BCUT2D eigenvalue weighted by atomic mass is 10.1. The molecule has 112 valence electrons. The van der Waals surface area contributed by atoms with E-state index in [2.05, 4.69) is 21.0 Å². The average molecular weight is 391 g/mol. The Hall–Kier alpha value is -0.880. The number of hydrogen-bond acceptors (Lipinski definition) is 3. The molecule has 4 nitrogen and oxygen atoms in total. The number of halogens is 3. The molecule has 0 saturated heterocycles. The van der Waals surface area contributed by atoms with E-state index in [0.717, 1.165) is 6.54 Å². The molecule has 21 heavy (non-hydrogen) atoms. The van der Waals surface area contributed by atoms with E-state index >= 15 is 0 Å². The van der Waals surface area contributed by atoms with Crippen LogP contribution in [0.25, 0.3) is 0 Å². The van der Waals surface area contributed by atoms with Gasteiger partial charge in [0.25, 0.3) is 0 Å². The zero-order valence-corrected chi connectivity index (χ0v) is 14.7. The fraction of sp³-hybridized carbons (Fsp3) is 0.286. The summed E-state index contributed by atoms with van der Waals surface area (Å²) in [5.41, 5.74) is 0.940. The van der Waals surface area contributed by atoms with Crippen LogP contribution in [0.4, 0.5) is 0 Å². The first-order valence-electron chi connectivity index (χ1n) is 6.25. The highest BCUT2D eigenvalue weighted by Crippen LogP contribution is 2.24. The van der Waals surface area contributed by atoms with Crippen LogP contribution in [-0.2, 0) is 6.54 Å². The first kappa shape index (κ1) is 16.5. The molecule has 2 rings (SSSR count). The molecular formula is C14H14BrCl2N3O. The van der Waals surface area contributed by atoms with Gasteiger partial charge in [0.2, 0.25) is 5.78 Å². The van der Waals surface area contributed by atoms with Crippen molar-refractivity contribution in [1.82, 2.24) is 14.7 Å². The van der Waals surface area contributed by atoms with Crippen LogP contribution in [0, 0.1) is 0 Å². The van der Waals surface area contributed by atoms with Crippen molar-refractivity contribution in [1.29, 1.82) is 0 Å². The molecule has 0 N–H and O–H groups in total. The molecule has 0 bridgehead atoms. The monoisotopic (exact) mass is 389 g/mol. The maximum atomic E-state index is 12.7. The van der Waals surface area contributed by atoms with Crippen LogP contribution in [0.2, 0.25) is 10.0 Å². The summed E-state index contributed by atoms with van der Waals surface area (Å²) in [7, 11) is 3.94. The number of rotatable bonds is 5. The average Bonchev–Trinajstić information content (AvgIpc) is 2.75. The molecule has 1 heterocycles. The minimum absolute atomic E-state index is 0.164. The summed E-state index contributed by atoms with van der Waals surface area (Å²) in [6.45, 7) is 1.40. The lowest BCUT2D eigenvalue weighted by Crippen LogP contribution is -2.21. The molecule has 0 aliphatic heterocycles. The maximum absolute atomic E-state index is 12.7. The van der Waals surface area contributed by atoms with E-state index in [9.17, 15) is 4.79 Å². The van der Waals surface area contributed by atoms with Gasteiger partial charge in [-0.2, -0.15) is 5.10 Å². The summed E-state index contributed by atoms with van der Waals surface area (Å²) >= 11 is 15.3. The Labute approximate surface area is 141 Å². The number of ketones is 1. The van der Waals surface area contributed by atoms with Gasteiger partial charge in [0.1, 0.15) is 5.69 Å². The van der Waals surface area contributed by atoms with Crippen molar-refractivity contribution in [2.24, 2.45) is 0 Å². The van der Waals surface area contributed by atoms with Crippen molar-refractivity contribution in [2.75, 3.05) is 20.6 Å². The van der Waals surface area contributed by atoms with Crippen LogP contribution < -0.4 is 0 Å². The molecule has 0 spiro atoms. The van der Waals surface area contributed by atoms with Crippen LogP contribution >= 0.6 is 39.1 Å². The van der Waals surface area contributed by atoms with Gasteiger partial charge in [-0.05, 0) is 48.2 Å². The van der Waals surface area contributed by atoms with Gasteiger partial charge in [0, 0.05) is 22.2 Å². The molecule has 0 radical (unpaired) electrons. The largest absolute Gasteiger partial charge is 0.308 e. The minimum atomic E-state index is -0.164. The summed E-state index contributed by atoms with van der Waals surface area (Å²) in [5.74, 6) is -0.164. The molecule has 1 aromatic heterocycles. The number of benzene rings is 1. The van der Waals surface area contributed by atoms with E-state index in [4.69, 9.17) is 23.2 Å². The third kappa shape index (κ3) is 4.07. The van der Waals surface area contributed by atoms with E-state index in [-0.39, 0.29) is 5.78 Å². The molecule has 0 saturated carbocycles. The van der Waals surface area contributed by atoms with Crippen LogP contribution in [0.1, 0.15) is 16.1 Å². The standard InChI is InChI=1S/C14H14BrCl2N3O/c1-19(2)3-4-20-13(12(15)8-18-20)14(21)9-5-10(16)7-11(17)6-9/h5-8H,3-4H2,1-2H3. The molecule has 7 heteroatoms. The number of nitrogens with zero attached hydrogens (tertiary/aromatic N) is 3. The predicted octanol–water partition coefficient (Wildman–Crippen LogP) is 3.75. The summed E-state index contributed by atoms with van der Waals surface area (Å²) in [6, 6.07) is 4.80. The van der Waals surface area contributed by atoms with Crippen molar-refractivity contribution in [2.45, 2.75) is 6.54 Å². The zero-order valence-electron chi connectivity index (χ0n) is 11.6. The van der Waals surface area contributed by atoms with Gasteiger partial charge in [0.05, 0.1) is 17.2 Å². The van der Waals surface area contributed by atoms with Crippen LogP contribution in [-0.4, -0.2) is 41.1 Å². The maximum Gasteiger partial charge on any atom is 0.212 e. The van der Waals surface area contributed by atoms with E-state index in [1.807, 2.05) is 19.0 Å². The molecule has 0 aliphatic carbocycles. The number of carbonyl (C=O) groups is 1. The van der Waals surface area contributed by atoms with Crippen molar-refractivity contribution in [3.05, 3.63) is 50.2 Å². The first-order chi connectivity index (χ1) is 9.88. The zero-order chi connectivity index (χ0) is 15.6. The molecule has 2 aromatic rings. The second-order valence-electron chi connectivity index (χ2n) is 4.85. The number of carbonyl (C=O) groups excluding carboxylic acids is 1. The van der Waals surface area contributed by atoms with Crippen molar-refractivity contribution >= 4 is 44.9 Å². The van der Waals surface area contributed by atoms with Crippen molar-refractivity contribution in [3.8, 4) is 0 Å². The summed E-state index contributed by atoms with van der Waals surface area (Å²) in [4.78, 5) is 14.7. The normalized spacial score (nSPS) is 11.1. The number of hydrogen-bond donors (Lipinski definition) is 0. The Kier molecular flexibility index (Phi) is 5.43. The van der Waals surface area contributed by atoms with Gasteiger partial charge in [-0.3, -0.25) is 9.48 Å². The van der Waals surface area contributed by atoms with E-state index < -0.39 is 0 Å². The van der Waals surface area contributed by atoms with E-state index in [1.165, 1.54) is 0 Å². The SMILES string of the molecule is CN(C)CCn1ncc(Br)c1C(=O)c1cc(Cl)cc(Cl)c1. The molecule has 0 unspecified atom stereocenters. The molecule has 0 atom stereocenters. The van der Waals surface area contributed by atoms with E-state index in [1.54, 1.807) is 29.1 Å². The topological polar surface area (TPSA) is 38.1 Å². The van der Waals surface area contributed by atoms with Gasteiger partial charge in [-0.25, -0.2) is 0 Å². The Morgan fingerprint density at radius 1 is 1.29 bits per heavy atom. The van der Waals surface area contributed by atoms with Gasteiger partial charge in [-0.15, -0.1) is 0 Å². The fourth-order valence-electron chi connectivity index (χ4n) is 1.87. The first-order valence-corrected chi connectivity index (χ1v) is 7.80. The van der Waals surface area contributed by atoms with Crippen molar-refractivity contribution in [3.63, 3.8) is 0 Å². The molecule has 0 fully saturated rings. The summed E-state index contributed by atoms with van der Waals surface area (Å²) in [6.07, 6.45) is 1.62. The Balaban J connectivity index is 2.36. The molecule has 1 aromatic carbocycles. The Bertz CT molecular complexity index is 650. The Morgan fingerprint density at radius 2 is 1.90 bits per heavy atom. The number of aromatic nitrogens is 2. The highest BCUT2D eigenvalue weighted by atomic mass is 79.9. The molecule has 0 amide bonds. The van der Waals surface area contributed by atoms with Crippen LogP contribution in [0.15, 0.2) is 28.9 Å². The second kappa shape index (κ2) is 6.92. The third-order valence-corrected chi connectivity index (χ3v) is 3.91. The second-order valence-corrected chi connectivity index (χ2v) is 6.58. The predicted molar refractivity (Wildman–Crippen MR) is 88.4 cm³/mol. The number of likely N-dealkylation sites (N-methyl/N-ethyl adjacent to an activating group) is 1. The van der Waals surface area contributed by atoms with Gasteiger partial charge >= 0.3 is 0 Å². The Morgan fingerprint density at radius 3 is 2.48 bits per heavy atom. The van der Waals surface area contributed by atoms with Crippen LogP contribution in [0.3, 0.4) is 0 Å². The van der Waals surface area contributed by atoms with Crippen LogP contribution in [0.5, 0.6) is 0 Å².